The molecule has 0 aliphatic heterocycles. The Hall–Kier alpha value is -0.803. The van der Waals surface area contributed by atoms with Crippen molar-refractivity contribution < 1.29 is 4.74 Å². The van der Waals surface area contributed by atoms with Crippen molar-refractivity contribution in [3.63, 3.8) is 0 Å². The number of ether oxygens (including phenoxy) is 1. The second kappa shape index (κ2) is 5.17. The highest BCUT2D eigenvalue weighted by molar-refractivity contribution is 6.73. The maximum Gasteiger partial charge on any atom is 0.119 e. The van der Waals surface area contributed by atoms with Crippen molar-refractivity contribution in [2.45, 2.75) is 19.6 Å². The average Bonchev–Trinajstić information content (AvgIpc) is 2.13. The van der Waals surface area contributed by atoms with Gasteiger partial charge in [-0.25, -0.2) is 0 Å². The molecule has 0 heterocycles. The topological polar surface area (TPSA) is 21.3 Å². The molecular weight excluding hydrogens is 190 g/mol. The van der Waals surface area contributed by atoms with Crippen LogP contribution in [0.25, 0.3) is 0 Å². The minimum atomic E-state index is -1.13. The molecule has 14 heavy (non-hydrogen) atoms. The normalized spacial score (nSPS) is 11.4. The smallest absolute Gasteiger partial charge is 0.119 e. The Morgan fingerprint density at radius 1 is 1.14 bits per heavy atom. The van der Waals surface area contributed by atoms with Crippen molar-refractivity contribution in [2.24, 2.45) is 0 Å². The van der Waals surface area contributed by atoms with Crippen molar-refractivity contribution in [3.8, 4) is 5.75 Å². The molecular formula is C11H19NOSi. The lowest BCUT2D eigenvalue weighted by Crippen LogP contribution is -2.43. The maximum atomic E-state index is 5.56. The summed E-state index contributed by atoms with van der Waals surface area (Å²) in [6.07, 6.45) is 0. The van der Waals surface area contributed by atoms with Gasteiger partial charge in [0.2, 0.25) is 0 Å². The zero-order valence-corrected chi connectivity index (χ0v) is 10.2. The van der Waals surface area contributed by atoms with Gasteiger partial charge in [0, 0.05) is 6.54 Å². The molecule has 1 rings (SSSR count). The van der Waals surface area contributed by atoms with E-state index in [2.05, 4.69) is 24.6 Å². The predicted octanol–water partition coefficient (Wildman–Crippen LogP) is 2.49. The highest BCUT2D eigenvalue weighted by atomic mass is 28.3. The second-order valence-corrected chi connectivity index (χ2v) is 9.19. The van der Waals surface area contributed by atoms with Gasteiger partial charge in [0.05, 0.1) is 0 Å². The summed E-state index contributed by atoms with van der Waals surface area (Å²) < 4.78 is 5.56. The molecule has 1 N–H and O–H groups in total. The van der Waals surface area contributed by atoms with Gasteiger partial charge in [-0.05, 0) is 12.1 Å². The molecule has 1 aromatic carbocycles. The first kappa shape index (κ1) is 11.3. The van der Waals surface area contributed by atoms with E-state index in [9.17, 15) is 0 Å². The van der Waals surface area contributed by atoms with Crippen LogP contribution in [0.4, 0.5) is 0 Å². The fourth-order valence-corrected chi connectivity index (χ4v) is 1.96. The molecule has 0 unspecified atom stereocenters. The third-order valence-electron chi connectivity index (χ3n) is 1.77. The zero-order valence-electron chi connectivity index (χ0n) is 9.21. The van der Waals surface area contributed by atoms with E-state index in [0.29, 0.717) is 0 Å². The van der Waals surface area contributed by atoms with E-state index in [-0.39, 0.29) is 0 Å². The van der Waals surface area contributed by atoms with E-state index >= 15 is 0 Å². The molecule has 1 aromatic rings. The third-order valence-corrected chi connectivity index (χ3v) is 3.08. The molecule has 2 nitrogen and oxygen atoms in total. The molecule has 0 atom stereocenters. The van der Waals surface area contributed by atoms with E-state index in [0.717, 1.165) is 18.9 Å². The molecule has 0 fully saturated rings. The van der Waals surface area contributed by atoms with Crippen LogP contribution in [-0.2, 0) is 0 Å². The first-order valence-corrected chi connectivity index (χ1v) is 8.51. The fraction of sp³-hybridized carbons (Fsp3) is 0.455. The van der Waals surface area contributed by atoms with Crippen molar-refractivity contribution >= 4 is 8.24 Å². The van der Waals surface area contributed by atoms with Gasteiger partial charge in [-0.1, -0.05) is 37.8 Å². The van der Waals surface area contributed by atoms with E-state index in [1.54, 1.807) is 0 Å². The van der Waals surface area contributed by atoms with Gasteiger partial charge in [0.15, 0.2) is 0 Å². The van der Waals surface area contributed by atoms with Crippen LogP contribution in [0.3, 0.4) is 0 Å². The first-order chi connectivity index (χ1) is 6.58. The molecule has 0 radical (unpaired) electrons. The number of hydrogen-bond donors (Lipinski definition) is 1. The lowest BCUT2D eigenvalue weighted by molar-refractivity contribution is 0.322. The zero-order chi connectivity index (χ0) is 10.4. The summed E-state index contributed by atoms with van der Waals surface area (Å²) in [7, 11) is -1.13. The molecule has 0 saturated heterocycles. The van der Waals surface area contributed by atoms with Crippen LogP contribution in [-0.4, -0.2) is 21.4 Å². The number of para-hydroxylation sites is 1. The molecule has 3 heteroatoms. The van der Waals surface area contributed by atoms with E-state index in [4.69, 9.17) is 4.74 Å². The third kappa shape index (κ3) is 5.04. The molecule has 0 aromatic heterocycles. The molecule has 0 amide bonds. The Balaban J connectivity index is 2.17. The summed E-state index contributed by atoms with van der Waals surface area (Å²) in [5.41, 5.74) is 0. The summed E-state index contributed by atoms with van der Waals surface area (Å²) in [5.74, 6) is 0.949. The Kier molecular flexibility index (Phi) is 4.16. The van der Waals surface area contributed by atoms with Crippen LogP contribution < -0.4 is 9.72 Å². The van der Waals surface area contributed by atoms with Crippen molar-refractivity contribution in [2.75, 3.05) is 13.2 Å². The van der Waals surface area contributed by atoms with Crippen LogP contribution >= 0.6 is 0 Å². The minimum absolute atomic E-state index is 0.744. The Morgan fingerprint density at radius 3 is 2.36 bits per heavy atom. The Labute approximate surface area is 87.4 Å². The molecule has 0 spiro atoms. The van der Waals surface area contributed by atoms with Gasteiger partial charge in [-0.15, -0.1) is 0 Å². The van der Waals surface area contributed by atoms with E-state index in [1.807, 2.05) is 30.3 Å². The number of nitrogens with one attached hydrogen (secondary N) is 1. The first-order valence-electron chi connectivity index (χ1n) is 5.01. The number of hydrogen-bond acceptors (Lipinski definition) is 2. The SMILES string of the molecule is C[Si](C)(C)NCCOc1ccccc1. The quantitative estimate of drug-likeness (QED) is 0.594. The molecule has 0 bridgehead atoms. The molecule has 78 valence electrons. The summed E-state index contributed by atoms with van der Waals surface area (Å²) in [4.78, 5) is 3.51. The molecule has 0 saturated carbocycles. The Bertz CT molecular complexity index is 256. The Morgan fingerprint density at radius 2 is 1.79 bits per heavy atom. The van der Waals surface area contributed by atoms with Crippen LogP contribution in [0.2, 0.25) is 19.6 Å². The maximum absolute atomic E-state index is 5.56. The summed E-state index contributed by atoms with van der Waals surface area (Å²) in [6, 6.07) is 9.93. The molecule has 0 aliphatic carbocycles. The molecule has 0 aliphatic rings. The summed E-state index contributed by atoms with van der Waals surface area (Å²) in [5, 5.41) is 0. The predicted molar refractivity (Wildman–Crippen MR) is 63.3 cm³/mol. The summed E-state index contributed by atoms with van der Waals surface area (Å²) >= 11 is 0. The lowest BCUT2D eigenvalue weighted by Gasteiger charge is -2.17. The lowest BCUT2D eigenvalue weighted by atomic mass is 10.3. The van der Waals surface area contributed by atoms with Crippen molar-refractivity contribution in [1.82, 2.24) is 4.98 Å². The van der Waals surface area contributed by atoms with Gasteiger partial charge < -0.3 is 9.72 Å². The minimum Gasteiger partial charge on any atom is -0.492 e. The van der Waals surface area contributed by atoms with Gasteiger partial charge in [-0.2, -0.15) is 0 Å². The van der Waals surface area contributed by atoms with Gasteiger partial charge >= 0.3 is 0 Å². The summed E-state index contributed by atoms with van der Waals surface area (Å²) in [6.45, 7) is 8.54. The van der Waals surface area contributed by atoms with Crippen LogP contribution in [0.15, 0.2) is 30.3 Å². The second-order valence-electron chi connectivity index (χ2n) is 4.34. The fourth-order valence-electron chi connectivity index (χ4n) is 1.11. The van der Waals surface area contributed by atoms with E-state index in [1.165, 1.54) is 0 Å². The van der Waals surface area contributed by atoms with Crippen molar-refractivity contribution in [1.29, 1.82) is 0 Å². The number of rotatable bonds is 5. The van der Waals surface area contributed by atoms with Gasteiger partial charge in [0.1, 0.15) is 20.6 Å². The standard InChI is InChI=1S/C11H19NOSi/c1-14(2,3)12-9-10-13-11-7-5-4-6-8-11/h4-8,12H,9-10H2,1-3H3. The van der Waals surface area contributed by atoms with Gasteiger partial charge in [0.25, 0.3) is 0 Å². The van der Waals surface area contributed by atoms with Crippen molar-refractivity contribution in [3.05, 3.63) is 30.3 Å². The highest BCUT2D eigenvalue weighted by Gasteiger charge is 2.10. The van der Waals surface area contributed by atoms with Gasteiger partial charge in [-0.3, -0.25) is 0 Å². The largest absolute Gasteiger partial charge is 0.492 e. The highest BCUT2D eigenvalue weighted by Crippen LogP contribution is 2.07. The van der Waals surface area contributed by atoms with Crippen LogP contribution in [0.5, 0.6) is 5.75 Å². The monoisotopic (exact) mass is 209 g/mol. The van der Waals surface area contributed by atoms with Crippen LogP contribution in [0, 0.1) is 0 Å². The average molecular weight is 209 g/mol. The van der Waals surface area contributed by atoms with Crippen LogP contribution in [0.1, 0.15) is 0 Å². The number of benzene rings is 1. The van der Waals surface area contributed by atoms with E-state index < -0.39 is 8.24 Å².